The van der Waals surface area contributed by atoms with E-state index in [9.17, 15) is 9.18 Å². The summed E-state index contributed by atoms with van der Waals surface area (Å²) >= 11 is 0. The number of aliphatic hydroxyl groups is 1. The van der Waals surface area contributed by atoms with Crippen LogP contribution in [-0.2, 0) is 16.0 Å². The molecule has 22 heavy (non-hydrogen) atoms. The van der Waals surface area contributed by atoms with Gasteiger partial charge in [0.15, 0.2) is 0 Å². The summed E-state index contributed by atoms with van der Waals surface area (Å²) in [4.78, 5) is 14.0. The molecule has 1 amide bonds. The third-order valence-electron chi connectivity index (χ3n) is 4.02. The largest absolute Gasteiger partial charge is 0.396 e. The number of aliphatic hydroxyl groups excluding tert-OH is 1. The molecule has 0 atom stereocenters. The molecule has 0 radical (unpaired) electrons. The van der Waals surface area contributed by atoms with Crippen LogP contribution < -0.4 is 0 Å². The lowest BCUT2D eigenvalue weighted by atomic mass is 10.1. The Morgan fingerprint density at radius 1 is 1.32 bits per heavy atom. The molecule has 1 saturated heterocycles. The van der Waals surface area contributed by atoms with Crippen LogP contribution in [0.4, 0.5) is 4.39 Å². The van der Waals surface area contributed by atoms with E-state index in [1.54, 1.807) is 18.2 Å². The number of rotatable bonds is 7. The van der Waals surface area contributed by atoms with Gasteiger partial charge in [-0.05, 0) is 37.3 Å². The molecule has 1 aliphatic heterocycles. The highest BCUT2D eigenvalue weighted by molar-refractivity contribution is 5.76. The van der Waals surface area contributed by atoms with Crippen molar-refractivity contribution in [3.63, 3.8) is 0 Å². The minimum atomic E-state index is -0.244. The highest BCUT2D eigenvalue weighted by Crippen LogP contribution is 2.16. The fraction of sp³-hybridized carbons (Fsp3) is 0.588. The highest BCUT2D eigenvalue weighted by Gasteiger charge is 2.22. The summed E-state index contributed by atoms with van der Waals surface area (Å²) in [6.45, 7) is 2.11. The predicted molar refractivity (Wildman–Crippen MR) is 82.0 cm³/mol. The van der Waals surface area contributed by atoms with E-state index in [0.29, 0.717) is 44.5 Å². The molecule has 1 aliphatic rings. The Hall–Kier alpha value is -1.46. The number of aryl methyl sites for hydroxylation is 1. The first kappa shape index (κ1) is 16.9. The average molecular weight is 309 g/mol. The number of nitrogens with zero attached hydrogens (tertiary/aromatic N) is 1. The number of hydrogen-bond donors (Lipinski definition) is 1. The maximum Gasteiger partial charge on any atom is 0.222 e. The maximum absolute atomic E-state index is 13.5. The van der Waals surface area contributed by atoms with E-state index in [1.165, 1.54) is 6.07 Å². The Morgan fingerprint density at radius 2 is 2.05 bits per heavy atom. The van der Waals surface area contributed by atoms with E-state index in [2.05, 4.69) is 0 Å². The molecule has 0 spiro atoms. The second-order valence-corrected chi connectivity index (χ2v) is 5.62. The first-order valence-electron chi connectivity index (χ1n) is 7.94. The minimum absolute atomic E-state index is 0.0806. The third kappa shape index (κ3) is 5.07. The summed E-state index contributed by atoms with van der Waals surface area (Å²) in [6, 6.07) is 6.60. The van der Waals surface area contributed by atoms with Crippen molar-refractivity contribution < 1.29 is 19.0 Å². The highest BCUT2D eigenvalue weighted by atomic mass is 19.1. The Balaban J connectivity index is 1.70. The van der Waals surface area contributed by atoms with Crippen LogP contribution in [0.2, 0.25) is 0 Å². The molecule has 1 fully saturated rings. The van der Waals surface area contributed by atoms with Crippen LogP contribution in [0, 0.1) is 5.82 Å². The van der Waals surface area contributed by atoms with Crippen molar-refractivity contribution >= 4 is 5.91 Å². The molecule has 0 aliphatic carbocycles. The maximum atomic E-state index is 13.5. The molecule has 5 heteroatoms. The lowest BCUT2D eigenvalue weighted by Gasteiger charge is -2.32. The van der Waals surface area contributed by atoms with Crippen molar-refractivity contribution in [1.82, 2.24) is 4.90 Å². The lowest BCUT2D eigenvalue weighted by molar-refractivity contribution is -0.133. The van der Waals surface area contributed by atoms with Crippen LogP contribution >= 0.6 is 0 Å². The summed E-state index contributed by atoms with van der Waals surface area (Å²) in [5.41, 5.74) is 0.595. The molecule has 4 nitrogen and oxygen atoms in total. The lowest BCUT2D eigenvalue weighted by Crippen LogP contribution is -2.41. The van der Waals surface area contributed by atoms with Gasteiger partial charge in [0.05, 0.1) is 6.10 Å². The van der Waals surface area contributed by atoms with Crippen LogP contribution in [0.5, 0.6) is 0 Å². The smallest absolute Gasteiger partial charge is 0.222 e. The molecule has 1 aromatic rings. The van der Waals surface area contributed by atoms with Crippen LogP contribution in [0.1, 0.15) is 31.2 Å². The van der Waals surface area contributed by atoms with Gasteiger partial charge in [-0.2, -0.15) is 0 Å². The molecule has 1 N–H and O–H groups in total. The summed E-state index contributed by atoms with van der Waals surface area (Å²) in [7, 11) is 0. The van der Waals surface area contributed by atoms with Crippen molar-refractivity contribution in [2.75, 3.05) is 26.3 Å². The van der Waals surface area contributed by atoms with E-state index < -0.39 is 0 Å². The Bertz CT molecular complexity index is 473. The van der Waals surface area contributed by atoms with Gasteiger partial charge < -0.3 is 14.7 Å². The van der Waals surface area contributed by atoms with Gasteiger partial charge in [0.2, 0.25) is 5.91 Å². The molecule has 1 heterocycles. The van der Waals surface area contributed by atoms with Gasteiger partial charge in [0.1, 0.15) is 5.82 Å². The zero-order valence-electron chi connectivity index (χ0n) is 12.8. The second-order valence-electron chi connectivity index (χ2n) is 5.62. The second kappa shape index (κ2) is 8.86. The number of ether oxygens (including phenoxy) is 1. The van der Waals surface area contributed by atoms with Crippen molar-refractivity contribution in [3.05, 3.63) is 35.6 Å². The number of halogens is 1. The fourth-order valence-electron chi connectivity index (χ4n) is 2.69. The zero-order chi connectivity index (χ0) is 15.8. The van der Waals surface area contributed by atoms with Gasteiger partial charge in [0, 0.05) is 32.7 Å². The molecule has 0 bridgehead atoms. The molecule has 0 unspecified atom stereocenters. The summed E-state index contributed by atoms with van der Waals surface area (Å²) in [5.74, 6) is -0.164. The number of carbonyl (C=O) groups excluding carboxylic acids is 1. The first-order valence-corrected chi connectivity index (χ1v) is 7.94. The number of amides is 1. The van der Waals surface area contributed by atoms with Crippen molar-refractivity contribution in [3.8, 4) is 0 Å². The van der Waals surface area contributed by atoms with Crippen LogP contribution in [-0.4, -0.2) is 48.3 Å². The SMILES string of the molecule is O=C(CCc1ccccc1F)N1CCC(OCCCO)CC1. The quantitative estimate of drug-likeness (QED) is 0.785. The molecule has 0 aromatic heterocycles. The minimum Gasteiger partial charge on any atom is -0.396 e. The van der Waals surface area contributed by atoms with E-state index in [1.807, 2.05) is 4.90 Å². The topological polar surface area (TPSA) is 49.8 Å². The molecular formula is C17H24FNO3. The number of carbonyl (C=O) groups is 1. The first-order chi connectivity index (χ1) is 10.7. The number of piperidine rings is 1. The Morgan fingerprint density at radius 3 is 2.73 bits per heavy atom. The van der Waals surface area contributed by atoms with E-state index in [0.717, 1.165) is 12.8 Å². The standard InChI is InChI=1S/C17H24FNO3/c18-16-5-2-1-4-14(16)6-7-17(21)19-10-8-15(9-11-19)22-13-3-12-20/h1-2,4-5,15,20H,3,6-13H2. The number of likely N-dealkylation sites (tertiary alicyclic amines) is 1. The molecular weight excluding hydrogens is 285 g/mol. The summed E-state index contributed by atoms with van der Waals surface area (Å²) in [6.07, 6.45) is 3.28. The average Bonchev–Trinajstić information content (AvgIpc) is 2.55. The van der Waals surface area contributed by atoms with Crippen molar-refractivity contribution in [2.45, 2.75) is 38.2 Å². The molecule has 122 valence electrons. The number of hydrogen-bond acceptors (Lipinski definition) is 3. The Kier molecular flexibility index (Phi) is 6.80. The predicted octanol–water partition coefficient (Wildman–Crippen LogP) is 2.15. The van der Waals surface area contributed by atoms with Crippen LogP contribution in [0.15, 0.2) is 24.3 Å². The summed E-state index contributed by atoms with van der Waals surface area (Å²) in [5, 5.41) is 8.72. The van der Waals surface area contributed by atoms with E-state index in [4.69, 9.17) is 9.84 Å². The monoisotopic (exact) mass is 309 g/mol. The molecule has 2 rings (SSSR count). The number of benzene rings is 1. The fourth-order valence-corrected chi connectivity index (χ4v) is 2.69. The van der Waals surface area contributed by atoms with Gasteiger partial charge in [-0.3, -0.25) is 4.79 Å². The Labute approximate surface area is 130 Å². The van der Waals surface area contributed by atoms with Gasteiger partial charge in [0.25, 0.3) is 0 Å². The van der Waals surface area contributed by atoms with Crippen LogP contribution in [0.3, 0.4) is 0 Å². The van der Waals surface area contributed by atoms with E-state index in [-0.39, 0.29) is 24.4 Å². The van der Waals surface area contributed by atoms with Gasteiger partial charge in [-0.1, -0.05) is 18.2 Å². The van der Waals surface area contributed by atoms with Gasteiger partial charge in [-0.15, -0.1) is 0 Å². The zero-order valence-corrected chi connectivity index (χ0v) is 12.8. The van der Waals surface area contributed by atoms with E-state index >= 15 is 0 Å². The molecule has 0 saturated carbocycles. The third-order valence-corrected chi connectivity index (χ3v) is 4.02. The van der Waals surface area contributed by atoms with Gasteiger partial charge in [-0.25, -0.2) is 4.39 Å². The van der Waals surface area contributed by atoms with Crippen molar-refractivity contribution in [2.24, 2.45) is 0 Å². The van der Waals surface area contributed by atoms with Gasteiger partial charge >= 0.3 is 0 Å². The summed E-state index contributed by atoms with van der Waals surface area (Å²) < 4.78 is 19.2. The van der Waals surface area contributed by atoms with Crippen molar-refractivity contribution in [1.29, 1.82) is 0 Å². The normalized spacial score (nSPS) is 16.0. The van der Waals surface area contributed by atoms with Crippen LogP contribution in [0.25, 0.3) is 0 Å². The molecule has 1 aromatic carbocycles.